The topological polar surface area (TPSA) is 76.0 Å². The van der Waals surface area contributed by atoms with Crippen molar-refractivity contribution in [2.24, 2.45) is 0 Å². The molecule has 3 aromatic rings. The summed E-state index contributed by atoms with van der Waals surface area (Å²) in [5.41, 5.74) is 0.0943. The lowest BCUT2D eigenvalue weighted by molar-refractivity contribution is 0.0692. The number of methoxy groups -OCH3 is 1. The van der Waals surface area contributed by atoms with Crippen LogP contribution in [0.3, 0.4) is 0 Å². The Hall–Kier alpha value is -2.96. The van der Waals surface area contributed by atoms with Crippen LogP contribution in [-0.4, -0.2) is 22.7 Å². The van der Waals surface area contributed by atoms with Crippen molar-refractivity contribution in [2.45, 2.75) is 9.79 Å². The standard InChI is InChI=1S/C20H16O5S/c1-24-14-6-8-15(9-7-14)25-16-10-12-17(13-11-16)26(23)19-5-3-2-4-18(19)20(21)22/h2-13,23H,1H3/p+1. The van der Waals surface area contributed by atoms with E-state index in [1.807, 2.05) is 0 Å². The molecule has 0 fully saturated rings. The molecule has 0 aliphatic rings. The molecule has 0 spiro atoms. The van der Waals surface area contributed by atoms with Crippen molar-refractivity contribution in [1.29, 1.82) is 0 Å². The predicted octanol–water partition coefficient (Wildman–Crippen LogP) is 4.70. The molecule has 0 radical (unpaired) electrons. The van der Waals surface area contributed by atoms with E-state index in [2.05, 4.69) is 0 Å². The molecule has 3 rings (SSSR count). The summed E-state index contributed by atoms with van der Waals surface area (Å²) < 4.78 is 21.4. The van der Waals surface area contributed by atoms with E-state index < -0.39 is 17.1 Å². The fourth-order valence-electron chi connectivity index (χ4n) is 2.36. The van der Waals surface area contributed by atoms with Gasteiger partial charge in [0, 0.05) is 12.1 Å². The number of carboxylic acids is 1. The highest BCUT2D eigenvalue weighted by Gasteiger charge is 2.29. The van der Waals surface area contributed by atoms with Crippen molar-refractivity contribution in [3.05, 3.63) is 78.4 Å². The van der Waals surface area contributed by atoms with Gasteiger partial charge < -0.3 is 14.6 Å². The summed E-state index contributed by atoms with van der Waals surface area (Å²) >= 11 is -1.34. The fraction of sp³-hybridized carbons (Fsp3) is 0.0500. The molecule has 2 N–H and O–H groups in total. The minimum absolute atomic E-state index is 0.0943. The summed E-state index contributed by atoms with van der Waals surface area (Å²) in [4.78, 5) is 12.3. The van der Waals surface area contributed by atoms with E-state index >= 15 is 0 Å². The van der Waals surface area contributed by atoms with Crippen LogP contribution >= 0.6 is 0 Å². The molecule has 0 bridgehead atoms. The van der Waals surface area contributed by atoms with E-state index in [-0.39, 0.29) is 5.56 Å². The molecule has 0 aliphatic carbocycles. The minimum atomic E-state index is -1.34. The second-order valence-electron chi connectivity index (χ2n) is 5.33. The molecule has 3 aromatic carbocycles. The predicted molar refractivity (Wildman–Crippen MR) is 99.4 cm³/mol. The fourth-order valence-corrected chi connectivity index (χ4v) is 3.57. The van der Waals surface area contributed by atoms with Gasteiger partial charge in [0.15, 0.2) is 4.90 Å². The molecular formula is C20H17O5S+. The number of carboxylic acid groups (broad SMARTS) is 1. The first-order valence-corrected chi connectivity index (χ1v) is 8.94. The van der Waals surface area contributed by atoms with Crippen LogP contribution in [0, 0.1) is 0 Å². The maximum Gasteiger partial charge on any atom is 0.340 e. The average molecular weight is 369 g/mol. The average Bonchev–Trinajstić information content (AvgIpc) is 2.68. The van der Waals surface area contributed by atoms with Gasteiger partial charge in [0.2, 0.25) is 16.1 Å². The summed E-state index contributed by atoms with van der Waals surface area (Å²) in [6.45, 7) is 0. The lowest BCUT2D eigenvalue weighted by atomic mass is 10.2. The second kappa shape index (κ2) is 7.95. The van der Waals surface area contributed by atoms with E-state index in [0.29, 0.717) is 21.3 Å². The van der Waals surface area contributed by atoms with Crippen LogP contribution in [0.2, 0.25) is 0 Å². The van der Waals surface area contributed by atoms with Gasteiger partial charge in [-0.15, -0.1) is 0 Å². The van der Waals surface area contributed by atoms with Crippen molar-refractivity contribution in [1.82, 2.24) is 0 Å². The van der Waals surface area contributed by atoms with Crippen LogP contribution in [0.25, 0.3) is 0 Å². The van der Waals surface area contributed by atoms with Crippen molar-refractivity contribution < 1.29 is 23.9 Å². The Bertz CT molecular complexity index is 891. The first-order chi connectivity index (χ1) is 12.6. The Morgan fingerprint density at radius 3 is 1.96 bits per heavy atom. The molecule has 0 aromatic heterocycles. The van der Waals surface area contributed by atoms with Crippen molar-refractivity contribution in [3.63, 3.8) is 0 Å². The lowest BCUT2D eigenvalue weighted by Gasteiger charge is -2.07. The zero-order chi connectivity index (χ0) is 18.5. The van der Waals surface area contributed by atoms with E-state index in [1.165, 1.54) is 6.07 Å². The quantitative estimate of drug-likeness (QED) is 0.616. The number of aromatic carboxylic acids is 1. The highest BCUT2D eigenvalue weighted by molar-refractivity contribution is 7.91. The van der Waals surface area contributed by atoms with Crippen LogP contribution in [0.1, 0.15) is 10.4 Å². The Labute approximate surface area is 154 Å². The number of hydrogen-bond acceptors (Lipinski definition) is 4. The van der Waals surface area contributed by atoms with Gasteiger partial charge in [0.1, 0.15) is 22.8 Å². The summed E-state index contributed by atoms with van der Waals surface area (Å²) in [5, 5.41) is 9.27. The van der Waals surface area contributed by atoms with E-state index in [0.717, 1.165) is 5.75 Å². The van der Waals surface area contributed by atoms with Gasteiger partial charge in [-0.2, -0.15) is 4.55 Å². The Morgan fingerprint density at radius 2 is 1.38 bits per heavy atom. The third-order valence-corrected chi connectivity index (χ3v) is 5.16. The van der Waals surface area contributed by atoms with Gasteiger partial charge in [-0.1, -0.05) is 12.1 Å². The van der Waals surface area contributed by atoms with Crippen LogP contribution < -0.4 is 9.47 Å². The third-order valence-electron chi connectivity index (χ3n) is 3.67. The summed E-state index contributed by atoms with van der Waals surface area (Å²) in [5.74, 6) is 0.959. The van der Waals surface area contributed by atoms with E-state index in [9.17, 15) is 14.5 Å². The van der Waals surface area contributed by atoms with E-state index in [1.54, 1.807) is 73.8 Å². The first-order valence-electron chi connectivity index (χ1n) is 7.76. The number of benzene rings is 3. The molecule has 0 saturated carbocycles. The van der Waals surface area contributed by atoms with Crippen LogP contribution in [0.5, 0.6) is 17.2 Å². The normalized spacial score (nSPS) is 11.6. The van der Waals surface area contributed by atoms with Crippen LogP contribution in [-0.2, 0) is 11.2 Å². The Kier molecular flexibility index (Phi) is 5.46. The van der Waals surface area contributed by atoms with Crippen LogP contribution in [0.4, 0.5) is 0 Å². The molecule has 132 valence electrons. The van der Waals surface area contributed by atoms with Gasteiger partial charge in [-0.25, -0.2) is 4.79 Å². The van der Waals surface area contributed by atoms with Crippen molar-refractivity contribution >= 4 is 17.1 Å². The molecule has 0 aliphatic heterocycles. The van der Waals surface area contributed by atoms with E-state index in [4.69, 9.17) is 9.47 Å². The number of carbonyl (C=O) groups is 1. The molecular weight excluding hydrogens is 352 g/mol. The Balaban J connectivity index is 1.77. The summed E-state index contributed by atoms with van der Waals surface area (Å²) in [6, 6.07) is 20.6. The van der Waals surface area contributed by atoms with Gasteiger partial charge in [0.25, 0.3) is 0 Å². The summed E-state index contributed by atoms with van der Waals surface area (Å²) in [7, 11) is 1.60. The zero-order valence-corrected chi connectivity index (χ0v) is 14.8. The molecule has 0 amide bonds. The van der Waals surface area contributed by atoms with Gasteiger partial charge in [0.05, 0.1) is 7.11 Å². The highest BCUT2D eigenvalue weighted by Crippen LogP contribution is 2.28. The Morgan fingerprint density at radius 1 is 0.846 bits per heavy atom. The zero-order valence-electron chi connectivity index (χ0n) is 14.0. The largest absolute Gasteiger partial charge is 0.497 e. The summed E-state index contributed by atoms with van der Waals surface area (Å²) in [6.07, 6.45) is 0. The third kappa shape index (κ3) is 3.99. The van der Waals surface area contributed by atoms with Crippen molar-refractivity contribution in [3.8, 4) is 17.2 Å². The lowest BCUT2D eigenvalue weighted by Crippen LogP contribution is -2.09. The molecule has 26 heavy (non-hydrogen) atoms. The smallest absolute Gasteiger partial charge is 0.340 e. The number of ether oxygens (including phenoxy) is 2. The molecule has 6 heteroatoms. The number of rotatable bonds is 6. The number of hydrogen-bond donors (Lipinski definition) is 2. The molecule has 1 unspecified atom stereocenters. The maximum absolute atomic E-state index is 11.3. The second-order valence-corrected chi connectivity index (χ2v) is 6.82. The van der Waals surface area contributed by atoms with Gasteiger partial charge >= 0.3 is 5.97 Å². The van der Waals surface area contributed by atoms with Gasteiger partial charge in [-0.05, 0) is 48.5 Å². The molecule has 5 nitrogen and oxygen atoms in total. The molecule has 0 heterocycles. The highest BCUT2D eigenvalue weighted by atomic mass is 32.2. The maximum atomic E-state index is 11.3. The van der Waals surface area contributed by atoms with Crippen LogP contribution in [0.15, 0.2) is 82.6 Å². The van der Waals surface area contributed by atoms with Crippen molar-refractivity contribution in [2.75, 3.05) is 7.11 Å². The van der Waals surface area contributed by atoms with Gasteiger partial charge in [-0.3, -0.25) is 0 Å². The first kappa shape index (κ1) is 17.8. The molecule has 1 atom stereocenters. The SMILES string of the molecule is COc1ccc(Oc2ccc([S+](O)c3ccccc3C(=O)O)cc2)cc1. The minimum Gasteiger partial charge on any atom is -0.497 e. The monoisotopic (exact) mass is 369 g/mol. The molecule has 0 saturated heterocycles.